The highest BCUT2D eigenvalue weighted by molar-refractivity contribution is 8.00. The third kappa shape index (κ3) is 3.04. The van der Waals surface area contributed by atoms with Crippen molar-refractivity contribution in [3.63, 3.8) is 0 Å². The van der Waals surface area contributed by atoms with Crippen molar-refractivity contribution in [2.75, 3.05) is 0 Å². The van der Waals surface area contributed by atoms with Crippen LogP contribution in [0.1, 0.15) is 5.56 Å². The molecule has 0 fully saturated rings. The molecule has 0 radical (unpaired) electrons. The van der Waals surface area contributed by atoms with Gasteiger partial charge in [-0.3, -0.25) is 0 Å². The van der Waals surface area contributed by atoms with Crippen molar-refractivity contribution in [2.45, 2.75) is 10.1 Å². The van der Waals surface area contributed by atoms with Crippen molar-refractivity contribution in [1.82, 2.24) is 15.2 Å². The van der Waals surface area contributed by atoms with Crippen molar-refractivity contribution in [3.05, 3.63) is 33.5 Å². The molecule has 0 spiro atoms. The second kappa shape index (κ2) is 5.12. The van der Waals surface area contributed by atoms with Crippen LogP contribution in [-0.4, -0.2) is 15.2 Å². The Hall–Kier alpha value is -0.360. The fraction of sp³-hybridized carbons (Fsp3) is 0.125. The topological polar surface area (TPSA) is 38.7 Å². The van der Waals surface area contributed by atoms with Gasteiger partial charge in [0.1, 0.15) is 10.7 Å². The Balaban J connectivity index is 2.05. The second-order valence-electron chi connectivity index (χ2n) is 2.59. The summed E-state index contributed by atoms with van der Waals surface area (Å²) in [5, 5.41) is 8.71. The maximum atomic E-state index is 6.00. The van der Waals surface area contributed by atoms with Crippen molar-refractivity contribution in [3.8, 4) is 0 Å². The zero-order chi connectivity index (χ0) is 10.7. The highest BCUT2D eigenvalue weighted by Gasteiger charge is 2.04. The molecule has 78 valence electrons. The van der Waals surface area contributed by atoms with Gasteiger partial charge in [-0.15, -0.1) is 10.2 Å². The summed E-state index contributed by atoms with van der Waals surface area (Å²) >= 11 is 14.8. The van der Waals surface area contributed by atoms with Crippen LogP contribution in [0.3, 0.4) is 0 Å². The lowest BCUT2D eigenvalue weighted by atomic mass is 10.3. The summed E-state index contributed by atoms with van der Waals surface area (Å²) in [6.45, 7) is 0. The Morgan fingerprint density at radius 1 is 1.40 bits per heavy atom. The average molecular weight is 278 g/mol. The minimum atomic E-state index is 0.407. The van der Waals surface area contributed by atoms with Gasteiger partial charge in [-0.2, -0.15) is 0 Å². The van der Waals surface area contributed by atoms with Crippen molar-refractivity contribution in [1.29, 1.82) is 0 Å². The number of thioether (sulfide) groups is 1. The van der Waals surface area contributed by atoms with E-state index in [1.807, 2.05) is 0 Å². The van der Waals surface area contributed by atoms with Crippen molar-refractivity contribution < 1.29 is 0 Å². The number of rotatable bonds is 3. The van der Waals surface area contributed by atoms with Gasteiger partial charge in [0.25, 0.3) is 0 Å². The van der Waals surface area contributed by atoms with E-state index in [4.69, 9.17) is 23.2 Å². The highest BCUT2D eigenvalue weighted by Crippen LogP contribution is 2.27. The smallest absolute Gasteiger partial charge is 0.174 e. The lowest BCUT2D eigenvalue weighted by Gasteiger charge is -2.01. The molecule has 0 saturated heterocycles. The Labute approximate surface area is 105 Å². The Kier molecular flexibility index (Phi) is 3.80. The number of hydrogen-bond donors (Lipinski definition) is 0. The van der Waals surface area contributed by atoms with Crippen LogP contribution < -0.4 is 0 Å². The second-order valence-corrected chi connectivity index (χ2v) is 5.44. The third-order valence-corrected chi connectivity index (χ3v) is 4.06. The van der Waals surface area contributed by atoms with Gasteiger partial charge in [0.2, 0.25) is 0 Å². The molecule has 3 nitrogen and oxygen atoms in total. The van der Waals surface area contributed by atoms with E-state index < -0.39 is 0 Å². The van der Waals surface area contributed by atoms with Gasteiger partial charge >= 0.3 is 0 Å². The molecule has 0 aliphatic rings. The number of nitrogens with zero attached hydrogens (tertiary/aromatic N) is 3. The minimum absolute atomic E-state index is 0.407. The van der Waals surface area contributed by atoms with Gasteiger partial charge in [-0.1, -0.05) is 46.3 Å². The molecule has 0 aliphatic heterocycles. The van der Waals surface area contributed by atoms with Gasteiger partial charge in [0.15, 0.2) is 4.34 Å². The number of pyridine rings is 1. The predicted molar refractivity (Wildman–Crippen MR) is 63.7 cm³/mol. The van der Waals surface area contributed by atoms with Crippen LogP contribution in [0.4, 0.5) is 0 Å². The van der Waals surface area contributed by atoms with Gasteiger partial charge in [-0.25, -0.2) is 4.98 Å². The largest absolute Gasteiger partial charge is 0.244 e. The van der Waals surface area contributed by atoms with E-state index >= 15 is 0 Å². The van der Waals surface area contributed by atoms with Crippen LogP contribution in [0.15, 0.2) is 22.1 Å². The Morgan fingerprint density at radius 2 is 2.27 bits per heavy atom. The van der Waals surface area contributed by atoms with E-state index in [0.717, 1.165) is 15.7 Å². The first-order valence-corrected chi connectivity index (χ1v) is 6.56. The first kappa shape index (κ1) is 11.1. The highest BCUT2D eigenvalue weighted by atomic mass is 35.5. The maximum absolute atomic E-state index is 6.00. The van der Waals surface area contributed by atoms with Crippen molar-refractivity contribution in [2.24, 2.45) is 0 Å². The summed E-state index contributed by atoms with van der Waals surface area (Å²) < 4.78 is 0.918. The van der Waals surface area contributed by atoms with Gasteiger partial charge in [-0.05, 0) is 11.6 Å². The summed E-state index contributed by atoms with van der Waals surface area (Å²) in [6.07, 6.45) is 1.68. The predicted octanol–water partition coefficient (Wildman–Crippen LogP) is 3.53. The molecule has 0 aliphatic carbocycles. The fourth-order valence-corrected chi connectivity index (χ4v) is 2.89. The maximum Gasteiger partial charge on any atom is 0.174 e. The molecule has 0 amide bonds. The van der Waals surface area contributed by atoms with E-state index in [1.165, 1.54) is 11.3 Å². The zero-order valence-corrected chi connectivity index (χ0v) is 10.5. The van der Waals surface area contributed by atoms with E-state index in [2.05, 4.69) is 15.2 Å². The normalized spacial score (nSPS) is 10.5. The van der Waals surface area contributed by atoms with Gasteiger partial charge < -0.3 is 0 Å². The monoisotopic (exact) mass is 277 g/mol. The number of aromatic nitrogens is 3. The molecular formula is C8H5Cl2N3S2. The quantitative estimate of drug-likeness (QED) is 0.636. The molecule has 0 aromatic carbocycles. The molecule has 0 atom stereocenters. The molecular weight excluding hydrogens is 273 g/mol. The lowest BCUT2D eigenvalue weighted by molar-refractivity contribution is 1.01. The third-order valence-electron chi connectivity index (χ3n) is 1.59. The summed E-state index contributed by atoms with van der Waals surface area (Å²) in [7, 11) is 0. The lowest BCUT2D eigenvalue weighted by Crippen LogP contribution is -1.85. The number of hydrogen-bond acceptors (Lipinski definition) is 5. The number of halogens is 2. The molecule has 2 heterocycles. The first-order chi connectivity index (χ1) is 7.25. The molecule has 7 heteroatoms. The van der Waals surface area contributed by atoms with Crippen LogP contribution in [0.5, 0.6) is 0 Å². The fourth-order valence-electron chi connectivity index (χ4n) is 0.907. The molecule has 2 aromatic rings. The zero-order valence-electron chi connectivity index (χ0n) is 7.35. The standard InChI is InChI=1S/C8H5Cl2N3S2/c9-6-1-7(10)11-2-5(6)3-14-8-13-12-4-15-8/h1-2,4H,3H2. The van der Waals surface area contributed by atoms with Crippen molar-refractivity contribution >= 4 is 46.3 Å². The van der Waals surface area contributed by atoms with E-state index in [0.29, 0.717) is 10.2 Å². The summed E-state index contributed by atoms with van der Waals surface area (Å²) in [5.41, 5.74) is 2.64. The van der Waals surface area contributed by atoms with E-state index in [9.17, 15) is 0 Å². The summed E-state index contributed by atoms with van der Waals surface area (Å²) in [6, 6.07) is 1.64. The van der Waals surface area contributed by atoms with E-state index in [1.54, 1.807) is 29.5 Å². The molecule has 0 unspecified atom stereocenters. The summed E-state index contributed by atoms with van der Waals surface area (Å²) in [4.78, 5) is 3.97. The SMILES string of the molecule is Clc1cc(Cl)c(CSc2nncs2)cn1. The first-order valence-electron chi connectivity index (χ1n) is 3.94. The van der Waals surface area contributed by atoms with Crippen LogP contribution in [0, 0.1) is 0 Å². The molecule has 0 bridgehead atoms. The Morgan fingerprint density at radius 3 is 2.93 bits per heavy atom. The van der Waals surface area contributed by atoms with Crippen LogP contribution >= 0.6 is 46.3 Å². The molecule has 2 aromatic heterocycles. The van der Waals surface area contributed by atoms with Crippen LogP contribution in [-0.2, 0) is 5.75 Å². The van der Waals surface area contributed by atoms with Crippen LogP contribution in [0.2, 0.25) is 10.2 Å². The molecule has 0 N–H and O–H groups in total. The van der Waals surface area contributed by atoms with E-state index in [-0.39, 0.29) is 0 Å². The van der Waals surface area contributed by atoms with Gasteiger partial charge in [0.05, 0.1) is 0 Å². The molecule has 0 saturated carbocycles. The minimum Gasteiger partial charge on any atom is -0.244 e. The summed E-state index contributed by atoms with van der Waals surface area (Å²) in [5.74, 6) is 0.720. The van der Waals surface area contributed by atoms with Gasteiger partial charge in [0, 0.05) is 17.0 Å². The molecule has 15 heavy (non-hydrogen) atoms. The molecule has 2 rings (SSSR count). The Bertz CT molecular complexity index is 447. The van der Waals surface area contributed by atoms with Crippen LogP contribution in [0.25, 0.3) is 0 Å². The average Bonchev–Trinajstić information content (AvgIpc) is 2.69.